The van der Waals surface area contributed by atoms with Crippen LogP contribution in [0.3, 0.4) is 0 Å². The Kier molecular flexibility index (Phi) is 6.42. The van der Waals surface area contributed by atoms with Crippen molar-refractivity contribution in [1.82, 2.24) is 0 Å². The summed E-state index contributed by atoms with van der Waals surface area (Å²) < 4.78 is 0. The molecule has 1 aromatic rings. The summed E-state index contributed by atoms with van der Waals surface area (Å²) >= 11 is 5.63. The Hall–Kier alpha value is 0.0500. The maximum Gasteiger partial charge on any atom is 0.0184 e. The standard InChI is InChI=1S/C13H19BrS/c1-11(2)13(8-14)10-15-9-12-6-4-3-5-7-12/h3-7,11,13H,8-10H2,1-2H3. The van der Waals surface area contributed by atoms with E-state index in [1.165, 1.54) is 11.3 Å². The van der Waals surface area contributed by atoms with E-state index in [0.29, 0.717) is 0 Å². The summed E-state index contributed by atoms with van der Waals surface area (Å²) in [7, 11) is 0. The van der Waals surface area contributed by atoms with Crippen molar-refractivity contribution in [2.24, 2.45) is 11.8 Å². The fourth-order valence-electron chi connectivity index (χ4n) is 1.32. The van der Waals surface area contributed by atoms with Gasteiger partial charge in [0.2, 0.25) is 0 Å². The van der Waals surface area contributed by atoms with E-state index in [-0.39, 0.29) is 0 Å². The number of hydrogen-bond donors (Lipinski definition) is 0. The lowest BCUT2D eigenvalue weighted by molar-refractivity contribution is 0.474. The number of rotatable bonds is 6. The molecule has 0 radical (unpaired) electrons. The van der Waals surface area contributed by atoms with Crippen molar-refractivity contribution in [2.75, 3.05) is 11.1 Å². The van der Waals surface area contributed by atoms with Crippen molar-refractivity contribution in [3.05, 3.63) is 35.9 Å². The van der Waals surface area contributed by atoms with Crippen LogP contribution in [0.15, 0.2) is 30.3 Å². The average molecular weight is 287 g/mol. The second-order valence-corrected chi connectivity index (χ2v) is 5.84. The van der Waals surface area contributed by atoms with Gasteiger partial charge < -0.3 is 0 Å². The summed E-state index contributed by atoms with van der Waals surface area (Å²) in [5, 5.41) is 1.12. The van der Waals surface area contributed by atoms with E-state index < -0.39 is 0 Å². The molecule has 1 aromatic carbocycles. The van der Waals surface area contributed by atoms with Crippen LogP contribution in [0.25, 0.3) is 0 Å². The molecule has 0 aliphatic carbocycles. The van der Waals surface area contributed by atoms with Crippen molar-refractivity contribution in [3.8, 4) is 0 Å². The first kappa shape index (κ1) is 13.1. The van der Waals surface area contributed by atoms with E-state index in [2.05, 4.69) is 60.1 Å². The van der Waals surface area contributed by atoms with Crippen LogP contribution in [0, 0.1) is 11.8 Å². The first-order valence-corrected chi connectivity index (χ1v) is 7.69. The zero-order valence-electron chi connectivity index (χ0n) is 9.45. The highest BCUT2D eigenvalue weighted by Crippen LogP contribution is 2.21. The van der Waals surface area contributed by atoms with Crippen LogP contribution in [0.4, 0.5) is 0 Å². The molecule has 0 saturated heterocycles. The first-order valence-electron chi connectivity index (χ1n) is 5.41. The van der Waals surface area contributed by atoms with Gasteiger partial charge in [-0.05, 0) is 23.2 Å². The Morgan fingerprint density at radius 2 is 1.87 bits per heavy atom. The van der Waals surface area contributed by atoms with Gasteiger partial charge in [-0.25, -0.2) is 0 Å². The molecular formula is C13H19BrS. The Labute approximate surface area is 106 Å². The van der Waals surface area contributed by atoms with E-state index in [1.807, 2.05) is 11.8 Å². The molecule has 15 heavy (non-hydrogen) atoms. The van der Waals surface area contributed by atoms with Crippen LogP contribution in [-0.2, 0) is 5.75 Å². The van der Waals surface area contributed by atoms with Gasteiger partial charge in [0.05, 0.1) is 0 Å². The van der Waals surface area contributed by atoms with Crippen molar-refractivity contribution in [3.63, 3.8) is 0 Å². The van der Waals surface area contributed by atoms with E-state index in [4.69, 9.17) is 0 Å². The quantitative estimate of drug-likeness (QED) is 0.690. The number of thioether (sulfide) groups is 1. The fourth-order valence-corrected chi connectivity index (χ4v) is 3.95. The van der Waals surface area contributed by atoms with E-state index >= 15 is 0 Å². The molecular weight excluding hydrogens is 268 g/mol. The maximum absolute atomic E-state index is 3.59. The molecule has 0 aliphatic rings. The molecule has 0 aromatic heterocycles. The summed E-state index contributed by atoms with van der Waals surface area (Å²) in [5.41, 5.74) is 1.43. The molecule has 1 unspecified atom stereocenters. The molecule has 84 valence electrons. The smallest absolute Gasteiger partial charge is 0.0184 e. The van der Waals surface area contributed by atoms with Crippen molar-refractivity contribution >= 4 is 27.7 Å². The number of benzene rings is 1. The minimum Gasteiger partial charge on any atom is -0.157 e. The van der Waals surface area contributed by atoms with Gasteiger partial charge in [0.15, 0.2) is 0 Å². The van der Waals surface area contributed by atoms with Crippen molar-refractivity contribution < 1.29 is 0 Å². The number of hydrogen-bond acceptors (Lipinski definition) is 1. The van der Waals surface area contributed by atoms with Gasteiger partial charge in [0.1, 0.15) is 0 Å². The third-order valence-electron chi connectivity index (χ3n) is 2.58. The molecule has 0 bridgehead atoms. The van der Waals surface area contributed by atoms with Crippen LogP contribution in [0.1, 0.15) is 19.4 Å². The first-order chi connectivity index (χ1) is 7.24. The zero-order chi connectivity index (χ0) is 11.1. The van der Waals surface area contributed by atoms with Gasteiger partial charge in [-0.15, -0.1) is 0 Å². The lowest BCUT2D eigenvalue weighted by Crippen LogP contribution is -2.13. The molecule has 0 aliphatic heterocycles. The molecule has 0 amide bonds. The Bertz CT molecular complexity index is 258. The SMILES string of the molecule is CC(C)C(CBr)CSCc1ccccc1. The minimum atomic E-state index is 0.771. The van der Waals surface area contributed by atoms with Crippen LogP contribution in [0.5, 0.6) is 0 Å². The van der Waals surface area contributed by atoms with Crippen LogP contribution < -0.4 is 0 Å². The van der Waals surface area contributed by atoms with Gasteiger partial charge in [0.25, 0.3) is 0 Å². The summed E-state index contributed by atoms with van der Waals surface area (Å²) in [6.07, 6.45) is 0. The third kappa shape index (κ3) is 5.07. The second kappa shape index (κ2) is 7.34. The third-order valence-corrected chi connectivity index (χ3v) is 4.62. The van der Waals surface area contributed by atoms with Gasteiger partial charge in [0, 0.05) is 11.1 Å². The highest BCUT2D eigenvalue weighted by atomic mass is 79.9. The minimum absolute atomic E-state index is 0.771. The summed E-state index contributed by atoms with van der Waals surface area (Å²) in [6, 6.07) is 10.7. The lowest BCUT2D eigenvalue weighted by atomic mass is 10.0. The summed E-state index contributed by atoms with van der Waals surface area (Å²) in [5.74, 6) is 3.95. The highest BCUT2D eigenvalue weighted by molar-refractivity contribution is 9.09. The molecule has 1 rings (SSSR count). The average Bonchev–Trinajstić information content (AvgIpc) is 2.25. The Morgan fingerprint density at radius 1 is 1.20 bits per heavy atom. The molecule has 2 heteroatoms. The molecule has 0 heterocycles. The fraction of sp³-hybridized carbons (Fsp3) is 0.538. The van der Waals surface area contributed by atoms with E-state index in [1.54, 1.807) is 0 Å². The van der Waals surface area contributed by atoms with E-state index in [9.17, 15) is 0 Å². The maximum atomic E-state index is 3.59. The Morgan fingerprint density at radius 3 is 2.40 bits per heavy atom. The number of halogens is 1. The molecule has 0 spiro atoms. The lowest BCUT2D eigenvalue weighted by Gasteiger charge is -2.17. The van der Waals surface area contributed by atoms with Gasteiger partial charge >= 0.3 is 0 Å². The predicted octanol–water partition coefficient (Wildman–Crippen LogP) is 4.59. The van der Waals surface area contributed by atoms with Crippen LogP contribution in [-0.4, -0.2) is 11.1 Å². The molecule has 1 atom stereocenters. The van der Waals surface area contributed by atoms with E-state index in [0.717, 1.165) is 22.9 Å². The molecule has 0 nitrogen and oxygen atoms in total. The van der Waals surface area contributed by atoms with Crippen molar-refractivity contribution in [2.45, 2.75) is 19.6 Å². The van der Waals surface area contributed by atoms with Crippen LogP contribution in [0.2, 0.25) is 0 Å². The Balaban J connectivity index is 2.27. The van der Waals surface area contributed by atoms with Gasteiger partial charge in [-0.1, -0.05) is 60.1 Å². The van der Waals surface area contributed by atoms with Gasteiger partial charge in [-0.3, -0.25) is 0 Å². The topological polar surface area (TPSA) is 0 Å². The highest BCUT2D eigenvalue weighted by Gasteiger charge is 2.11. The monoisotopic (exact) mass is 286 g/mol. The zero-order valence-corrected chi connectivity index (χ0v) is 11.9. The molecule has 0 saturated carbocycles. The largest absolute Gasteiger partial charge is 0.157 e. The van der Waals surface area contributed by atoms with Crippen LogP contribution >= 0.6 is 27.7 Å². The molecule has 0 fully saturated rings. The van der Waals surface area contributed by atoms with Crippen molar-refractivity contribution in [1.29, 1.82) is 0 Å². The summed E-state index contributed by atoms with van der Waals surface area (Å²) in [6.45, 7) is 4.60. The van der Waals surface area contributed by atoms with Gasteiger partial charge in [-0.2, -0.15) is 11.8 Å². The summed E-state index contributed by atoms with van der Waals surface area (Å²) in [4.78, 5) is 0. The molecule has 0 N–H and O–H groups in total. The number of alkyl halides is 1. The predicted molar refractivity (Wildman–Crippen MR) is 74.7 cm³/mol. The normalized spacial score (nSPS) is 13.1. The second-order valence-electron chi connectivity index (χ2n) is 4.16.